The van der Waals surface area contributed by atoms with Crippen molar-refractivity contribution in [3.05, 3.63) is 11.7 Å². The Morgan fingerprint density at radius 3 is 2.86 bits per heavy atom. The van der Waals surface area contributed by atoms with Gasteiger partial charge in [0.25, 0.3) is 0 Å². The molecule has 1 heterocycles. The van der Waals surface area contributed by atoms with E-state index in [0.717, 1.165) is 25.3 Å². The number of aromatic nitrogens is 2. The van der Waals surface area contributed by atoms with Crippen LogP contribution >= 0.6 is 0 Å². The van der Waals surface area contributed by atoms with E-state index in [-0.39, 0.29) is 6.10 Å². The van der Waals surface area contributed by atoms with Crippen LogP contribution < -0.4 is 5.32 Å². The van der Waals surface area contributed by atoms with E-state index in [4.69, 9.17) is 9.26 Å². The van der Waals surface area contributed by atoms with Crippen LogP contribution in [0.25, 0.3) is 0 Å². The zero-order valence-corrected chi connectivity index (χ0v) is 13.7. The van der Waals surface area contributed by atoms with Crippen molar-refractivity contribution >= 4 is 5.96 Å². The highest BCUT2D eigenvalue weighted by Crippen LogP contribution is 2.12. The molecule has 1 aromatic rings. The highest BCUT2D eigenvalue weighted by Gasteiger charge is 2.14. The number of ether oxygens (including phenoxy) is 1. The van der Waals surface area contributed by atoms with Gasteiger partial charge in [0.2, 0.25) is 5.89 Å². The Hall–Kier alpha value is -1.63. The molecular weight excluding hydrogens is 270 g/mol. The van der Waals surface area contributed by atoms with Gasteiger partial charge in [0.1, 0.15) is 6.10 Å². The molecule has 7 nitrogen and oxygen atoms in total. The number of nitrogens with zero attached hydrogens (tertiary/aromatic N) is 4. The second-order valence-electron chi connectivity index (χ2n) is 4.82. The topological polar surface area (TPSA) is 75.8 Å². The summed E-state index contributed by atoms with van der Waals surface area (Å²) in [7, 11) is 3.78. The van der Waals surface area contributed by atoms with Gasteiger partial charge in [-0.2, -0.15) is 4.98 Å². The minimum atomic E-state index is -0.154. The third-order valence-electron chi connectivity index (χ3n) is 3.08. The van der Waals surface area contributed by atoms with E-state index in [1.165, 1.54) is 0 Å². The van der Waals surface area contributed by atoms with Gasteiger partial charge in [0.05, 0.1) is 6.54 Å². The predicted octanol–water partition coefficient (Wildman–Crippen LogP) is 1.97. The molecule has 21 heavy (non-hydrogen) atoms. The first-order valence-electron chi connectivity index (χ1n) is 7.48. The van der Waals surface area contributed by atoms with E-state index in [9.17, 15) is 0 Å². The van der Waals surface area contributed by atoms with Crippen molar-refractivity contribution in [1.29, 1.82) is 0 Å². The molecule has 1 atom stereocenters. The van der Waals surface area contributed by atoms with Crippen molar-refractivity contribution in [3.63, 3.8) is 0 Å². The molecule has 0 aliphatic carbocycles. The molecule has 1 aromatic heterocycles. The van der Waals surface area contributed by atoms with Crippen molar-refractivity contribution in [3.8, 4) is 0 Å². The lowest BCUT2D eigenvalue weighted by Gasteiger charge is -2.21. The number of hydrogen-bond donors (Lipinski definition) is 1. The summed E-state index contributed by atoms with van der Waals surface area (Å²) in [5, 5.41) is 7.15. The first-order chi connectivity index (χ1) is 10.1. The molecule has 0 amide bonds. The third-order valence-corrected chi connectivity index (χ3v) is 3.08. The summed E-state index contributed by atoms with van der Waals surface area (Å²) < 4.78 is 10.6. The van der Waals surface area contributed by atoms with Crippen LogP contribution in [0.4, 0.5) is 0 Å². The van der Waals surface area contributed by atoms with Gasteiger partial charge in [-0.1, -0.05) is 18.5 Å². The number of unbranched alkanes of at least 4 members (excludes halogenated alkanes) is 1. The number of rotatable bonds is 8. The maximum absolute atomic E-state index is 5.43. The maximum Gasteiger partial charge on any atom is 0.246 e. The molecule has 0 aliphatic heterocycles. The maximum atomic E-state index is 5.43. The Kier molecular flexibility index (Phi) is 7.74. The van der Waals surface area contributed by atoms with Crippen molar-refractivity contribution < 1.29 is 9.26 Å². The summed E-state index contributed by atoms with van der Waals surface area (Å²) in [5.74, 6) is 1.92. The molecule has 7 heteroatoms. The summed E-state index contributed by atoms with van der Waals surface area (Å²) in [6.07, 6.45) is 2.14. The van der Waals surface area contributed by atoms with Crippen molar-refractivity contribution in [2.24, 2.45) is 4.99 Å². The second-order valence-corrected chi connectivity index (χ2v) is 4.82. The van der Waals surface area contributed by atoms with E-state index >= 15 is 0 Å². The highest BCUT2D eigenvalue weighted by molar-refractivity contribution is 5.79. The zero-order chi connectivity index (χ0) is 15.7. The van der Waals surface area contributed by atoms with Gasteiger partial charge in [-0.3, -0.25) is 4.99 Å². The Morgan fingerprint density at radius 2 is 2.24 bits per heavy atom. The van der Waals surface area contributed by atoms with Gasteiger partial charge in [0, 0.05) is 27.2 Å². The Labute approximate surface area is 126 Å². The molecule has 0 fully saturated rings. The molecular formula is C14H27N5O2. The summed E-state index contributed by atoms with van der Waals surface area (Å²) in [6, 6.07) is 0. The van der Waals surface area contributed by atoms with E-state index in [1.54, 1.807) is 7.05 Å². The second kappa shape index (κ2) is 9.33. The quantitative estimate of drug-likeness (QED) is 0.584. The monoisotopic (exact) mass is 297 g/mol. The first kappa shape index (κ1) is 17.4. The summed E-state index contributed by atoms with van der Waals surface area (Å²) in [4.78, 5) is 10.6. The van der Waals surface area contributed by atoms with Crippen LogP contribution in [0.5, 0.6) is 0 Å². The van der Waals surface area contributed by atoms with Crippen LogP contribution in [0.2, 0.25) is 0 Å². The molecule has 120 valence electrons. The largest absolute Gasteiger partial charge is 0.371 e. The fraction of sp³-hybridized carbons (Fsp3) is 0.786. The van der Waals surface area contributed by atoms with Crippen LogP contribution in [0.1, 0.15) is 51.4 Å². The molecule has 0 saturated heterocycles. The number of hydrogen-bond acceptors (Lipinski definition) is 5. The molecule has 0 aromatic carbocycles. The van der Waals surface area contributed by atoms with Gasteiger partial charge < -0.3 is 19.5 Å². The summed E-state index contributed by atoms with van der Waals surface area (Å²) in [5.41, 5.74) is 0. The SMILES string of the molecule is CCCCN(C)C(=NC)NCc1nc(C(C)OCC)no1. The number of nitrogens with one attached hydrogen (secondary N) is 1. The van der Waals surface area contributed by atoms with Crippen molar-refractivity contribution in [2.45, 2.75) is 46.3 Å². The van der Waals surface area contributed by atoms with Gasteiger partial charge >= 0.3 is 0 Å². The number of guanidine groups is 1. The van der Waals surface area contributed by atoms with Gasteiger partial charge in [-0.25, -0.2) is 0 Å². The van der Waals surface area contributed by atoms with E-state index in [1.807, 2.05) is 20.9 Å². The Bertz CT molecular complexity index is 433. The molecule has 0 spiro atoms. The van der Waals surface area contributed by atoms with Gasteiger partial charge in [-0.05, 0) is 20.3 Å². The minimum Gasteiger partial charge on any atom is -0.371 e. The minimum absolute atomic E-state index is 0.154. The number of aliphatic imine (C=N–C) groups is 1. The molecule has 1 unspecified atom stereocenters. The van der Waals surface area contributed by atoms with E-state index in [2.05, 4.69) is 32.3 Å². The lowest BCUT2D eigenvalue weighted by Crippen LogP contribution is -2.39. The van der Waals surface area contributed by atoms with Crippen LogP contribution in [0, 0.1) is 0 Å². The normalized spacial score (nSPS) is 13.3. The van der Waals surface area contributed by atoms with Gasteiger partial charge in [-0.15, -0.1) is 0 Å². The fourth-order valence-corrected chi connectivity index (χ4v) is 1.87. The molecule has 0 radical (unpaired) electrons. The van der Waals surface area contributed by atoms with Crippen LogP contribution in [-0.2, 0) is 11.3 Å². The smallest absolute Gasteiger partial charge is 0.246 e. The zero-order valence-electron chi connectivity index (χ0n) is 13.7. The standard InChI is InChI=1S/C14H27N5O2/c1-6-8-9-19(5)14(15-4)16-10-12-17-13(18-21-12)11(3)20-7-2/h11H,6-10H2,1-5H3,(H,15,16). The van der Waals surface area contributed by atoms with E-state index < -0.39 is 0 Å². The average Bonchev–Trinajstić information content (AvgIpc) is 2.95. The Balaban J connectivity index is 2.50. The highest BCUT2D eigenvalue weighted by atomic mass is 16.5. The third kappa shape index (κ3) is 5.71. The molecule has 1 rings (SSSR count). The van der Waals surface area contributed by atoms with Crippen LogP contribution in [0.3, 0.4) is 0 Å². The van der Waals surface area contributed by atoms with Crippen LogP contribution in [0.15, 0.2) is 9.52 Å². The predicted molar refractivity (Wildman–Crippen MR) is 82.1 cm³/mol. The lowest BCUT2D eigenvalue weighted by atomic mass is 10.3. The fourth-order valence-electron chi connectivity index (χ4n) is 1.87. The van der Waals surface area contributed by atoms with Crippen molar-refractivity contribution in [1.82, 2.24) is 20.4 Å². The molecule has 0 bridgehead atoms. The molecule has 1 N–H and O–H groups in total. The summed E-state index contributed by atoms with van der Waals surface area (Å²) in [6.45, 7) is 8.06. The first-order valence-corrected chi connectivity index (χ1v) is 7.48. The molecule has 0 saturated carbocycles. The molecule has 0 aliphatic rings. The summed E-state index contributed by atoms with van der Waals surface area (Å²) >= 11 is 0. The Morgan fingerprint density at radius 1 is 1.48 bits per heavy atom. The average molecular weight is 297 g/mol. The van der Waals surface area contributed by atoms with Crippen molar-refractivity contribution in [2.75, 3.05) is 27.2 Å². The van der Waals surface area contributed by atoms with Crippen LogP contribution in [-0.4, -0.2) is 48.2 Å². The van der Waals surface area contributed by atoms with Gasteiger partial charge in [0.15, 0.2) is 11.8 Å². The van der Waals surface area contributed by atoms with E-state index in [0.29, 0.717) is 24.9 Å². The lowest BCUT2D eigenvalue weighted by molar-refractivity contribution is 0.0683.